The Bertz CT molecular complexity index is 294. The molecular formula is C13H26IN3O2. The molecule has 0 aromatic rings. The SMILES string of the molecule is CCOCCNC(=NC)N1CCC2(CCOC2)C1.I. The molecule has 1 N–H and O–H groups in total. The third kappa shape index (κ3) is 4.46. The predicted molar refractivity (Wildman–Crippen MR) is 87.3 cm³/mol. The van der Waals surface area contributed by atoms with Gasteiger partial charge in [-0.3, -0.25) is 4.99 Å². The summed E-state index contributed by atoms with van der Waals surface area (Å²) in [7, 11) is 1.85. The Morgan fingerprint density at radius 1 is 1.47 bits per heavy atom. The standard InChI is InChI=1S/C13H25N3O2.HI/c1-3-17-9-6-15-12(14-2)16-7-4-13(10-16)5-8-18-11-13;/h3-11H2,1-2H3,(H,14,15);1H. The number of nitrogens with one attached hydrogen (secondary N) is 1. The van der Waals surface area contributed by atoms with Crippen LogP contribution in [0.15, 0.2) is 4.99 Å². The smallest absolute Gasteiger partial charge is 0.193 e. The van der Waals surface area contributed by atoms with Crippen LogP contribution in [0.3, 0.4) is 0 Å². The number of guanidine groups is 1. The molecule has 2 aliphatic heterocycles. The van der Waals surface area contributed by atoms with E-state index >= 15 is 0 Å². The van der Waals surface area contributed by atoms with Crippen molar-refractivity contribution in [3.05, 3.63) is 0 Å². The van der Waals surface area contributed by atoms with E-state index in [2.05, 4.69) is 15.2 Å². The van der Waals surface area contributed by atoms with Crippen molar-refractivity contribution in [1.29, 1.82) is 0 Å². The van der Waals surface area contributed by atoms with Gasteiger partial charge in [-0.1, -0.05) is 0 Å². The molecular weight excluding hydrogens is 357 g/mol. The average molecular weight is 383 g/mol. The maximum atomic E-state index is 5.55. The van der Waals surface area contributed by atoms with Crippen molar-refractivity contribution in [3.8, 4) is 0 Å². The van der Waals surface area contributed by atoms with Gasteiger partial charge in [-0.2, -0.15) is 0 Å². The van der Waals surface area contributed by atoms with Crippen LogP contribution in [-0.4, -0.2) is 64.0 Å². The number of likely N-dealkylation sites (tertiary alicyclic amines) is 1. The molecule has 112 valence electrons. The Balaban J connectivity index is 0.00000180. The van der Waals surface area contributed by atoms with Crippen LogP contribution < -0.4 is 5.32 Å². The molecule has 1 atom stereocenters. The van der Waals surface area contributed by atoms with E-state index in [1.165, 1.54) is 12.8 Å². The number of ether oxygens (including phenoxy) is 2. The summed E-state index contributed by atoms with van der Waals surface area (Å²) in [6.07, 6.45) is 2.42. The second-order valence-corrected chi connectivity index (χ2v) is 5.15. The molecule has 1 spiro atoms. The van der Waals surface area contributed by atoms with Crippen molar-refractivity contribution in [3.63, 3.8) is 0 Å². The number of aliphatic imine (C=N–C) groups is 1. The molecule has 1 unspecified atom stereocenters. The number of hydrogen-bond acceptors (Lipinski definition) is 3. The number of hydrogen-bond donors (Lipinski definition) is 1. The largest absolute Gasteiger partial charge is 0.381 e. The lowest BCUT2D eigenvalue weighted by Gasteiger charge is -2.24. The van der Waals surface area contributed by atoms with Crippen LogP contribution in [0.1, 0.15) is 19.8 Å². The van der Waals surface area contributed by atoms with Crippen molar-refractivity contribution in [1.82, 2.24) is 10.2 Å². The fourth-order valence-corrected chi connectivity index (χ4v) is 2.80. The first-order valence-corrected chi connectivity index (χ1v) is 6.91. The van der Waals surface area contributed by atoms with Gasteiger partial charge < -0.3 is 19.7 Å². The van der Waals surface area contributed by atoms with Crippen LogP contribution >= 0.6 is 24.0 Å². The summed E-state index contributed by atoms with van der Waals surface area (Å²) in [5, 5.41) is 3.36. The van der Waals surface area contributed by atoms with Crippen LogP contribution in [0.4, 0.5) is 0 Å². The molecule has 2 aliphatic rings. The minimum atomic E-state index is 0. The fraction of sp³-hybridized carbons (Fsp3) is 0.923. The summed E-state index contributed by atoms with van der Waals surface area (Å²) in [6.45, 7) is 8.32. The van der Waals surface area contributed by atoms with Crippen LogP contribution in [0, 0.1) is 5.41 Å². The first kappa shape index (κ1) is 17.0. The first-order chi connectivity index (χ1) is 8.79. The molecule has 0 aromatic heterocycles. The molecule has 0 bridgehead atoms. The normalized spacial score (nSPS) is 26.8. The summed E-state index contributed by atoms with van der Waals surface area (Å²) in [5.74, 6) is 0.999. The minimum absolute atomic E-state index is 0. The van der Waals surface area contributed by atoms with Crippen LogP contribution in [0.2, 0.25) is 0 Å². The molecule has 19 heavy (non-hydrogen) atoms. The van der Waals surface area contributed by atoms with E-state index in [0.717, 1.165) is 52.0 Å². The summed E-state index contributed by atoms with van der Waals surface area (Å²) in [4.78, 5) is 6.71. The van der Waals surface area contributed by atoms with Crippen molar-refractivity contribution in [2.24, 2.45) is 10.4 Å². The van der Waals surface area contributed by atoms with Gasteiger partial charge in [0.15, 0.2) is 5.96 Å². The van der Waals surface area contributed by atoms with Gasteiger partial charge in [-0.05, 0) is 19.8 Å². The van der Waals surface area contributed by atoms with Crippen molar-refractivity contribution in [2.45, 2.75) is 19.8 Å². The maximum Gasteiger partial charge on any atom is 0.193 e. The fourth-order valence-electron chi connectivity index (χ4n) is 2.80. The summed E-state index contributed by atoms with van der Waals surface area (Å²) in [6, 6.07) is 0. The van der Waals surface area contributed by atoms with Crippen molar-refractivity contribution in [2.75, 3.05) is 53.1 Å². The molecule has 2 saturated heterocycles. The molecule has 2 rings (SSSR count). The second kappa shape index (κ2) is 8.26. The topological polar surface area (TPSA) is 46.1 Å². The monoisotopic (exact) mass is 383 g/mol. The Kier molecular flexibility index (Phi) is 7.38. The number of nitrogens with zero attached hydrogens (tertiary/aromatic N) is 2. The highest BCUT2D eigenvalue weighted by Gasteiger charge is 2.42. The minimum Gasteiger partial charge on any atom is -0.381 e. The molecule has 0 aromatic carbocycles. The summed E-state index contributed by atoms with van der Waals surface area (Å²) >= 11 is 0. The zero-order valence-corrected chi connectivity index (χ0v) is 14.3. The highest BCUT2D eigenvalue weighted by atomic mass is 127. The lowest BCUT2D eigenvalue weighted by molar-refractivity contribution is 0.151. The molecule has 0 saturated carbocycles. The lowest BCUT2D eigenvalue weighted by Crippen LogP contribution is -2.42. The van der Waals surface area contributed by atoms with Gasteiger partial charge >= 0.3 is 0 Å². The number of halogens is 1. The highest BCUT2D eigenvalue weighted by Crippen LogP contribution is 2.37. The van der Waals surface area contributed by atoms with E-state index in [9.17, 15) is 0 Å². The van der Waals surface area contributed by atoms with Gasteiger partial charge in [0.25, 0.3) is 0 Å². The van der Waals surface area contributed by atoms with E-state index < -0.39 is 0 Å². The molecule has 0 amide bonds. The zero-order valence-electron chi connectivity index (χ0n) is 12.0. The molecule has 0 radical (unpaired) electrons. The van der Waals surface area contributed by atoms with E-state index in [4.69, 9.17) is 9.47 Å². The molecule has 5 nitrogen and oxygen atoms in total. The summed E-state index contributed by atoms with van der Waals surface area (Å²) in [5.41, 5.74) is 0.386. The zero-order chi connectivity index (χ0) is 12.8. The average Bonchev–Trinajstić information content (AvgIpc) is 3.01. The second-order valence-electron chi connectivity index (χ2n) is 5.15. The number of rotatable bonds is 4. The molecule has 0 aliphatic carbocycles. The highest BCUT2D eigenvalue weighted by molar-refractivity contribution is 14.0. The van der Waals surface area contributed by atoms with Gasteiger partial charge in [0.2, 0.25) is 0 Å². The van der Waals surface area contributed by atoms with Gasteiger partial charge in [0.1, 0.15) is 0 Å². The Hall–Kier alpha value is -0.0800. The van der Waals surface area contributed by atoms with Gasteiger partial charge in [-0.15, -0.1) is 24.0 Å². The van der Waals surface area contributed by atoms with Gasteiger partial charge in [-0.25, -0.2) is 0 Å². The maximum absolute atomic E-state index is 5.55. The van der Waals surface area contributed by atoms with Crippen molar-refractivity contribution >= 4 is 29.9 Å². The lowest BCUT2D eigenvalue weighted by atomic mass is 9.87. The Morgan fingerprint density at radius 2 is 2.32 bits per heavy atom. The Morgan fingerprint density at radius 3 is 2.95 bits per heavy atom. The van der Waals surface area contributed by atoms with Crippen LogP contribution in [0.5, 0.6) is 0 Å². The molecule has 2 heterocycles. The van der Waals surface area contributed by atoms with Crippen LogP contribution in [-0.2, 0) is 9.47 Å². The van der Waals surface area contributed by atoms with Crippen LogP contribution in [0.25, 0.3) is 0 Å². The van der Waals surface area contributed by atoms with E-state index in [-0.39, 0.29) is 24.0 Å². The van der Waals surface area contributed by atoms with Gasteiger partial charge in [0.05, 0.1) is 13.2 Å². The third-order valence-electron chi connectivity index (χ3n) is 3.87. The first-order valence-electron chi connectivity index (χ1n) is 6.91. The quantitative estimate of drug-likeness (QED) is 0.345. The predicted octanol–water partition coefficient (Wildman–Crippen LogP) is 1.33. The van der Waals surface area contributed by atoms with E-state index in [1.54, 1.807) is 0 Å². The van der Waals surface area contributed by atoms with E-state index in [1.807, 2.05) is 14.0 Å². The third-order valence-corrected chi connectivity index (χ3v) is 3.87. The summed E-state index contributed by atoms with van der Waals surface area (Å²) < 4.78 is 10.9. The van der Waals surface area contributed by atoms with E-state index in [0.29, 0.717) is 5.41 Å². The molecule has 2 fully saturated rings. The van der Waals surface area contributed by atoms with Crippen molar-refractivity contribution < 1.29 is 9.47 Å². The Labute approximate surface area is 133 Å². The van der Waals surface area contributed by atoms with Gasteiger partial charge in [0, 0.05) is 45.3 Å². The molecule has 6 heteroatoms.